The SMILES string of the molecule is CC(C)(C)c1cc(-c2nc(-c3[n-]nc4c3C3CCC4(C)C3(C)C)c3cccc4c3c2C=CC4)[n-]n1.CC(C)(C)c1ccncc1.[Pt+2]. The summed E-state index contributed by atoms with van der Waals surface area (Å²) < 4.78 is 0. The third-order valence-electron chi connectivity index (χ3n) is 11.0. The minimum absolute atomic E-state index is 0. The number of benzene rings is 1. The Morgan fingerprint density at radius 3 is 2.26 bits per heavy atom. The van der Waals surface area contributed by atoms with Gasteiger partial charge >= 0.3 is 21.1 Å². The van der Waals surface area contributed by atoms with Gasteiger partial charge in [-0.25, -0.2) is 0 Å². The summed E-state index contributed by atoms with van der Waals surface area (Å²) >= 11 is 0. The van der Waals surface area contributed by atoms with Crippen molar-refractivity contribution in [1.29, 1.82) is 0 Å². The van der Waals surface area contributed by atoms with Gasteiger partial charge < -0.3 is 20.4 Å². The largest absolute Gasteiger partial charge is 2.00 e. The van der Waals surface area contributed by atoms with Crippen LogP contribution in [0.15, 0.2) is 54.9 Å². The quantitative estimate of drug-likeness (QED) is 0.178. The number of rotatable bonds is 2. The second-order valence-corrected chi connectivity index (χ2v) is 16.0. The zero-order valence-electron chi connectivity index (χ0n) is 28.5. The molecule has 0 spiro atoms. The Kier molecular flexibility index (Phi) is 7.87. The van der Waals surface area contributed by atoms with Crippen molar-refractivity contribution in [2.45, 2.75) is 104 Å². The molecular weight excluding hydrogens is 748 g/mol. The number of nitrogens with zero attached hydrogens (tertiary/aromatic N) is 6. The van der Waals surface area contributed by atoms with Crippen molar-refractivity contribution in [2.75, 3.05) is 0 Å². The number of hydrogen-bond donors (Lipinski definition) is 0. The molecule has 0 aliphatic heterocycles. The minimum Gasteiger partial charge on any atom is -0.573 e. The third-order valence-corrected chi connectivity index (χ3v) is 11.0. The average molecular weight is 792 g/mol. The molecular formula is C39H44N6Pt. The molecule has 1 saturated carbocycles. The van der Waals surface area contributed by atoms with Crippen molar-refractivity contribution in [1.82, 2.24) is 30.4 Å². The first-order valence-corrected chi connectivity index (χ1v) is 16.3. The van der Waals surface area contributed by atoms with Gasteiger partial charge in [0.1, 0.15) is 0 Å². The predicted molar refractivity (Wildman–Crippen MR) is 182 cm³/mol. The first-order valence-electron chi connectivity index (χ1n) is 16.3. The fraction of sp³-hybridized carbons (Fsp3) is 0.436. The summed E-state index contributed by atoms with van der Waals surface area (Å²) in [4.78, 5) is 9.29. The molecule has 4 heterocycles. The summed E-state index contributed by atoms with van der Waals surface area (Å²) in [6.07, 6.45) is 11.4. The van der Waals surface area contributed by atoms with Crippen LogP contribution < -0.4 is 10.2 Å². The fourth-order valence-electron chi connectivity index (χ4n) is 7.77. The molecule has 0 saturated heterocycles. The molecule has 2 atom stereocenters. The molecule has 0 radical (unpaired) electrons. The van der Waals surface area contributed by atoms with E-state index in [4.69, 9.17) is 15.2 Å². The molecule has 5 aromatic rings. The first-order chi connectivity index (χ1) is 21.2. The maximum Gasteiger partial charge on any atom is 2.00 e. The molecule has 8 rings (SSSR count). The standard InChI is InChI=1S/C30H31N5.C9H13N.Pt/c1-28(2,3)21-15-20(32-33-21)24-17-11-7-9-16-10-8-12-18(22(16)17)25(31-24)26-23-19-13-14-30(6,29(19,4)5)27(23)35-34-26;1-9(2,3)8-4-6-10-7-5-8;/h7-8,10-12,15,19H,9,13-14H2,1-6H3;4-7H,1-3H3;/q-2;;+2. The van der Waals surface area contributed by atoms with Crippen LogP contribution in [0.1, 0.15) is 115 Å². The van der Waals surface area contributed by atoms with Gasteiger partial charge in [0.05, 0.1) is 11.4 Å². The average Bonchev–Trinajstić information content (AvgIpc) is 3.74. The van der Waals surface area contributed by atoms with Gasteiger partial charge in [0.15, 0.2) is 0 Å². The molecule has 1 aromatic carbocycles. The Morgan fingerprint density at radius 2 is 1.61 bits per heavy atom. The van der Waals surface area contributed by atoms with E-state index < -0.39 is 0 Å². The molecule has 3 aliphatic rings. The van der Waals surface area contributed by atoms with Crippen molar-refractivity contribution in [3.8, 4) is 22.8 Å². The van der Waals surface area contributed by atoms with Crippen molar-refractivity contribution in [3.63, 3.8) is 0 Å². The maximum atomic E-state index is 5.33. The van der Waals surface area contributed by atoms with Gasteiger partial charge in [-0.1, -0.05) is 110 Å². The van der Waals surface area contributed by atoms with E-state index in [-0.39, 0.29) is 42.7 Å². The number of fused-ring (bicyclic) bond motifs is 5. The van der Waals surface area contributed by atoms with Gasteiger partial charge in [-0.2, -0.15) is 0 Å². The number of aromatic nitrogens is 6. The Bertz CT molecular complexity index is 1950. The van der Waals surface area contributed by atoms with Gasteiger partial charge in [-0.05, 0) is 70.2 Å². The summed E-state index contributed by atoms with van der Waals surface area (Å²) in [5.41, 5.74) is 11.4. The molecule has 6 nitrogen and oxygen atoms in total. The minimum atomic E-state index is -0.0681. The summed E-state index contributed by atoms with van der Waals surface area (Å²) in [5.74, 6) is 0.467. The van der Waals surface area contributed by atoms with E-state index in [2.05, 4.69) is 126 Å². The summed E-state index contributed by atoms with van der Waals surface area (Å²) in [6, 6.07) is 12.8. The summed E-state index contributed by atoms with van der Waals surface area (Å²) in [7, 11) is 0. The molecule has 240 valence electrons. The van der Waals surface area contributed by atoms with Gasteiger partial charge in [-0.3, -0.25) is 9.97 Å². The predicted octanol–water partition coefficient (Wildman–Crippen LogP) is 8.69. The number of pyridine rings is 2. The topological polar surface area (TPSA) is 79.8 Å². The van der Waals surface area contributed by atoms with Crippen LogP contribution in [0.4, 0.5) is 0 Å². The normalized spacial score (nSPS) is 20.7. The molecule has 4 aromatic heterocycles. The summed E-state index contributed by atoms with van der Waals surface area (Å²) in [5, 5.41) is 21.2. The number of allylic oxidation sites excluding steroid dienone is 1. The van der Waals surface area contributed by atoms with Crippen molar-refractivity contribution in [3.05, 3.63) is 88.5 Å². The van der Waals surface area contributed by atoms with Crippen molar-refractivity contribution in [2.24, 2.45) is 5.41 Å². The Morgan fingerprint density at radius 1 is 0.870 bits per heavy atom. The van der Waals surface area contributed by atoms with E-state index in [1.54, 1.807) is 0 Å². The Labute approximate surface area is 287 Å². The van der Waals surface area contributed by atoms with E-state index in [1.807, 2.05) is 12.4 Å². The van der Waals surface area contributed by atoms with Crippen LogP contribution in [0, 0.1) is 5.41 Å². The number of hydrogen-bond acceptors (Lipinski definition) is 4. The van der Waals surface area contributed by atoms with E-state index in [1.165, 1.54) is 40.6 Å². The van der Waals surface area contributed by atoms with Crippen molar-refractivity contribution < 1.29 is 21.1 Å². The van der Waals surface area contributed by atoms with Gasteiger partial charge in [0, 0.05) is 45.6 Å². The molecule has 0 N–H and O–H groups in total. The zero-order chi connectivity index (χ0) is 31.9. The van der Waals surface area contributed by atoms with E-state index in [0.717, 1.165) is 45.8 Å². The van der Waals surface area contributed by atoms with E-state index in [0.29, 0.717) is 5.92 Å². The van der Waals surface area contributed by atoms with Gasteiger partial charge in [0.2, 0.25) is 0 Å². The van der Waals surface area contributed by atoms with Crippen LogP contribution >= 0.6 is 0 Å². The van der Waals surface area contributed by atoms with Crippen molar-refractivity contribution >= 4 is 16.8 Å². The molecule has 1 fully saturated rings. The monoisotopic (exact) mass is 791 g/mol. The Hall–Kier alpha value is -3.37. The first kappa shape index (κ1) is 32.6. The van der Waals surface area contributed by atoms with Crippen LogP contribution in [0.3, 0.4) is 0 Å². The smallest absolute Gasteiger partial charge is 0.573 e. The van der Waals surface area contributed by atoms with E-state index in [9.17, 15) is 0 Å². The molecule has 7 heteroatoms. The maximum absolute atomic E-state index is 5.33. The third kappa shape index (κ3) is 4.94. The van der Waals surface area contributed by atoms with Crippen LogP contribution in [-0.2, 0) is 43.7 Å². The second-order valence-electron chi connectivity index (χ2n) is 16.0. The molecule has 2 bridgehead atoms. The van der Waals surface area contributed by atoms with Crippen LogP contribution in [-0.4, -0.2) is 20.2 Å². The van der Waals surface area contributed by atoms with Gasteiger partial charge in [0.25, 0.3) is 0 Å². The molecule has 2 unspecified atom stereocenters. The van der Waals surface area contributed by atoms with Gasteiger partial charge in [-0.15, -0.1) is 0 Å². The summed E-state index contributed by atoms with van der Waals surface area (Å²) in [6.45, 7) is 20.3. The fourth-order valence-corrected chi connectivity index (χ4v) is 7.77. The Balaban J connectivity index is 0.000000292. The molecule has 0 amide bonds. The van der Waals surface area contributed by atoms with Crippen LogP contribution in [0.5, 0.6) is 0 Å². The zero-order valence-corrected chi connectivity index (χ0v) is 30.7. The second kappa shape index (κ2) is 11.1. The molecule has 46 heavy (non-hydrogen) atoms. The van der Waals surface area contributed by atoms with Crippen LogP contribution in [0.2, 0.25) is 0 Å². The molecule has 3 aliphatic carbocycles. The van der Waals surface area contributed by atoms with E-state index >= 15 is 0 Å². The van der Waals surface area contributed by atoms with Crippen LogP contribution in [0.25, 0.3) is 39.6 Å².